The fourth-order valence-corrected chi connectivity index (χ4v) is 4.40. The molecule has 0 aromatic heterocycles. The van der Waals surface area contributed by atoms with Gasteiger partial charge in [0.15, 0.2) is 12.6 Å². The van der Waals surface area contributed by atoms with Crippen LogP contribution in [0.4, 0.5) is 0 Å². The molecule has 0 saturated carbocycles. The molecule has 34 heavy (non-hydrogen) atoms. The van der Waals surface area contributed by atoms with Crippen molar-refractivity contribution in [2.75, 3.05) is 19.8 Å². The van der Waals surface area contributed by atoms with Crippen molar-refractivity contribution in [1.82, 2.24) is 0 Å². The van der Waals surface area contributed by atoms with Gasteiger partial charge in [-0.3, -0.25) is 0 Å². The summed E-state index contributed by atoms with van der Waals surface area (Å²) in [6.07, 6.45) is -19.5. The van der Waals surface area contributed by atoms with E-state index in [9.17, 15) is 46.0 Å². The Bertz CT molecular complexity index is 636. The highest BCUT2D eigenvalue weighted by atomic mass is 16.7. The fraction of sp³-hybridized carbons (Fsp3) is 1.00. The van der Waals surface area contributed by atoms with Gasteiger partial charge in [0.05, 0.1) is 32.0 Å². The predicted octanol–water partition coefficient (Wildman–Crippen LogP) is -5.23. The van der Waals surface area contributed by atoms with Crippen molar-refractivity contribution in [3.05, 3.63) is 0 Å². The number of rotatable bonds is 7. The van der Waals surface area contributed by atoms with Crippen molar-refractivity contribution in [2.24, 2.45) is 5.92 Å². The lowest BCUT2D eigenvalue weighted by Crippen LogP contribution is -2.66. The Kier molecular flexibility index (Phi) is 9.61. The average Bonchev–Trinajstić information content (AvgIpc) is 2.83. The lowest BCUT2D eigenvalue weighted by atomic mass is 9.91. The van der Waals surface area contributed by atoms with Crippen molar-refractivity contribution in [3.63, 3.8) is 0 Å². The van der Waals surface area contributed by atoms with Gasteiger partial charge >= 0.3 is 0 Å². The molecule has 15 unspecified atom stereocenters. The molecule has 3 heterocycles. The Balaban J connectivity index is 1.71. The summed E-state index contributed by atoms with van der Waals surface area (Å²) in [5.74, 6) is -0.399. The van der Waals surface area contributed by atoms with Crippen molar-refractivity contribution in [1.29, 1.82) is 0 Å². The maximum absolute atomic E-state index is 10.7. The Labute approximate surface area is 195 Å². The summed E-state index contributed by atoms with van der Waals surface area (Å²) >= 11 is 0. The zero-order chi connectivity index (χ0) is 25.3. The number of hydrogen-bond acceptors (Lipinski definition) is 14. The number of ether oxygens (including phenoxy) is 5. The maximum atomic E-state index is 10.7. The maximum Gasteiger partial charge on any atom is 0.187 e. The molecule has 0 spiro atoms. The lowest BCUT2D eigenvalue weighted by Gasteiger charge is -2.48. The standard InChI is InChI=1S/C20H36O14/c1-6-7(2)30-19(15(28)11(6)24)33-18-10(5-23)32-20(16(29)14(18)27)34-17-9(4-22)31-8(3-21)12(25)13(17)26/h6-29H,3-5H2,1-2H3. The molecular formula is C20H36O14. The van der Waals surface area contributed by atoms with E-state index < -0.39 is 112 Å². The fourth-order valence-electron chi connectivity index (χ4n) is 4.40. The van der Waals surface area contributed by atoms with Gasteiger partial charge in [0.2, 0.25) is 0 Å². The van der Waals surface area contributed by atoms with Crippen LogP contribution in [0, 0.1) is 5.92 Å². The van der Waals surface area contributed by atoms with E-state index in [1.807, 2.05) is 0 Å². The minimum atomic E-state index is -1.80. The second-order valence-electron chi connectivity index (χ2n) is 9.02. The van der Waals surface area contributed by atoms with Crippen LogP contribution in [0.1, 0.15) is 13.8 Å². The van der Waals surface area contributed by atoms with Gasteiger partial charge in [0.25, 0.3) is 0 Å². The van der Waals surface area contributed by atoms with Crippen LogP contribution in [0.25, 0.3) is 0 Å². The van der Waals surface area contributed by atoms with Gasteiger partial charge in [-0.1, -0.05) is 6.92 Å². The molecule has 0 radical (unpaired) electrons. The van der Waals surface area contributed by atoms with Gasteiger partial charge < -0.3 is 69.6 Å². The van der Waals surface area contributed by atoms with Crippen molar-refractivity contribution in [2.45, 2.75) is 99.7 Å². The number of aliphatic hydroxyl groups excluding tert-OH is 9. The highest BCUT2D eigenvalue weighted by molar-refractivity contribution is 4.96. The van der Waals surface area contributed by atoms with Crippen LogP contribution in [0.5, 0.6) is 0 Å². The average molecular weight is 500 g/mol. The first-order chi connectivity index (χ1) is 16.0. The summed E-state index contributed by atoms with van der Waals surface area (Å²) < 4.78 is 27.6. The molecule has 0 aliphatic carbocycles. The minimum absolute atomic E-state index is 0.399. The summed E-state index contributed by atoms with van der Waals surface area (Å²) in [6.45, 7) is 1.33. The molecule has 3 aliphatic heterocycles. The van der Waals surface area contributed by atoms with Gasteiger partial charge in [0.1, 0.15) is 61.0 Å². The summed E-state index contributed by atoms with van der Waals surface area (Å²) in [7, 11) is 0. The van der Waals surface area contributed by atoms with Crippen molar-refractivity contribution < 1.29 is 69.6 Å². The van der Waals surface area contributed by atoms with E-state index in [0.29, 0.717) is 0 Å². The molecule has 3 fully saturated rings. The summed E-state index contributed by atoms with van der Waals surface area (Å²) in [6, 6.07) is 0. The molecule has 0 aromatic rings. The lowest BCUT2D eigenvalue weighted by molar-refractivity contribution is -0.369. The largest absolute Gasteiger partial charge is 0.394 e. The van der Waals surface area contributed by atoms with Gasteiger partial charge in [-0.15, -0.1) is 0 Å². The third kappa shape index (κ3) is 5.40. The summed E-state index contributed by atoms with van der Waals surface area (Å²) in [5.41, 5.74) is 0. The first-order valence-corrected chi connectivity index (χ1v) is 11.2. The van der Waals surface area contributed by atoms with E-state index in [1.165, 1.54) is 0 Å². The smallest absolute Gasteiger partial charge is 0.187 e. The monoisotopic (exact) mass is 500 g/mol. The van der Waals surface area contributed by atoms with Gasteiger partial charge in [-0.05, 0) is 6.92 Å². The van der Waals surface area contributed by atoms with Gasteiger partial charge in [-0.2, -0.15) is 0 Å². The molecule has 9 N–H and O–H groups in total. The Hall–Kier alpha value is -0.560. The van der Waals surface area contributed by atoms with Gasteiger partial charge in [-0.25, -0.2) is 0 Å². The minimum Gasteiger partial charge on any atom is -0.394 e. The van der Waals surface area contributed by atoms with Crippen molar-refractivity contribution >= 4 is 0 Å². The third-order valence-electron chi connectivity index (χ3n) is 6.80. The molecule has 0 aromatic carbocycles. The first kappa shape index (κ1) is 28.0. The molecule has 3 saturated heterocycles. The summed E-state index contributed by atoms with van der Waals surface area (Å²) in [4.78, 5) is 0. The van der Waals surface area contributed by atoms with Crippen LogP contribution >= 0.6 is 0 Å². The molecule has 14 nitrogen and oxygen atoms in total. The highest BCUT2D eigenvalue weighted by Crippen LogP contribution is 2.33. The zero-order valence-corrected chi connectivity index (χ0v) is 18.8. The zero-order valence-electron chi connectivity index (χ0n) is 18.8. The Morgan fingerprint density at radius 1 is 0.529 bits per heavy atom. The van der Waals surface area contributed by atoms with E-state index in [1.54, 1.807) is 13.8 Å². The van der Waals surface area contributed by atoms with Crippen LogP contribution in [-0.4, -0.2) is 152 Å². The van der Waals surface area contributed by atoms with E-state index in [-0.39, 0.29) is 0 Å². The predicted molar refractivity (Wildman–Crippen MR) is 108 cm³/mol. The molecule has 3 rings (SSSR count). The first-order valence-electron chi connectivity index (χ1n) is 11.2. The SMILES string of the molecule is CC1OC(OC2C(CO)OC(OC3C(CO)OC(CO)C(O)C3O)C(O)C2O)C(O)C(O)C1C. The highest BCUT2D eigenvalue weighted by Gasteiger charge is 2.52. The second-order valence-corrected chi connectivity index (χ2v) is 9.02. The molecule has 15 atom stereocenters. The van der Waals surface area contributed by atoms with E-state index in [2.05, 4.69) is 0 Å². The molecule has 0 bridgehead atoms. The topological polar surface area (TPSA) is 228 Å². The number of hydrogen-bond donors (Lipinski definition) is 9. The number of aliphatic hydroxyl groups is 9. The van der Waals surface area contributed by atoms with Crippen LogP contribution < -0.4 is 0 Å². The second kappa shape index (κ2) is 11.7. The van der Waals surface area contributed by atoms with E-state index >= 15 is 0 Å². The quantitative estimate of drug-likeness (QED) is 0.159. The van der Waals surface area contributed by atoms with Crippen molar-refractivity contribution in [3.8, 4) is 0 Å². The molecule has 200 valence electrons. The Morgan fingerprint density at radius 2 is 0.971 bits per heavy atom. The van der Waals surface area contributed by atoms with Crippen LogP contribution in [0.15, 0.2) is 0 Å². The van der Waals surface area contributed by atoms with E-state index in [0.717, 1.165) is 0 Å². The van der Waals surface area contributed by atoms with Crippen LogP contribution in [0.3, 0.4) is 0 Å². The van der Waals surface area contributed by atoms with Crippen LogP contribution in [0.2, 0.25) is 0 Å². The third-order valence-corrected chi connectivity index (χ3v) is 6.80. The molecule has 14 heteroatoms. The Morgan fingerprint density at radius 3 is 1.50 bits per heavy atom. The van der Waals surface area contributed by atoms with Gasteiger partial charge in [0, 0.05) is 5.92 Å². The molecule has 3 aliphatic rings. The molecule has 0 amide bonds. The summed E-state index contributed by atoms with van der Waals surface area (Å²) in [5, 5.41) is 91.0. The molecular weight excluding hydrogens is 464 g/mol. The normalized spacial score (nSPS) is 52.5. The van der Waals surface area contributed by atoms with E-state index in [4.69, 9.17) is 23.7 Å². The van der Waals surface area contributed by atoms with Crippen LogP contribution in [-0.2, 0) is 23.7 Å².